The van der Waals surface area contributed by atoms with Gasteiger partial charge in [0.15, 0.2) is 0 Å². The van der Waals surface area contributed by atoms with Crippen LogP contribution in [-0.2, 0) is 4.79 Å². The lowest BCUT2D eigenvalue weighted by Crippen LogP contribution is -2.33. The van der Waals surface area contributed by atoms with Gasteiger partial charge in [0, 0.05) is 29.7 Å². The average Bonchev–Trinajstić information content (AvgIpc) is 3.29. The number of nitrogens with one attached hydrogen (secondary N) is 2. The molecule has 0 unspecified atom stereocenters. The van der Waals surface area contributed by atoms with E-state index >= 15 is 0 Å². The summed E-state index contributed by atoms with van der Waals surface area (Å²) in [6.07, 6.45) is 15.4. The Kier molecular flexibility index (Phi) is 8.54. The van der Waals surface area contributed by atoms with E-state index in [0.717, 1.165) is 24.9 Å². The number of fused-ring (bicyclic) bond motifs is 1. The smallest absolute Gasteiger partial charge is 0.243 e. The van der Waals surface area contributed by atoms with Gasteiger partial charge < -0.3 is 15.2 Å². The van der Waals surface area contributed by atoms with Gasteiger partial charge in [-0.25, -0.2) is 0 Å². The van der Waals surface area contributed by atoms with E-state index in [1.165, 1.54) is 55.4 Å². The molecule has 0 spiro atoms. The number of H-pyrrole nitrogens is 1. The van der Waals surface area contributed by atoms with Gasteiger partial charge in [-0.05, 0) is 68.4 Å². The van der Waals surface area contributed by atoms with E-state index in [4.69, 9.17) is 0 Å². The molecule has 2 N–H and O–H groups in total. The quantitative estimate of drug-likeness (QED) is 0.234. The third-order valence-electron chi connectivity index (χ3n) is 6.55. The topological polar surface area (TPSA) is 48.1 Å². The van der Waals surface area contributed by atoms with Crippen molar-refractivity contribution in [3.05, 3.63) is 90.1 Å². The molecule has 4 heteroatoms. The number of nitrogens with zero attached hydrogens (tertiary/aromatic N) is 1. The van der Waals surface area contributed by atoms with Crippen molar-refractivity contribution in [3.8, 4) is 0 Å². The van der Waals surface area contributed by atoms with Crippen molar-refractivity contribution in [2.24, 2.45) is 0 Å². The number of carbonyl (C=O) groups is 1. The van der Waals surface area contributed by atoms with Gasteiger partial charge in [0.05, 0.1) is 0 Å². The molecule has 33 heavy (non-hydrogen) atoms. The molecule has 3 aromatic rings. The van der Waals surface area contributed by atoms with Crippen LogP contribution < -0.4 is 5.32 Å². The van der Waals surface area contributed by atoms with Gasteiger partial charge in [0.25, 0.3) is 0 Å². The Morgan fingerprint density at radius 1 is 0.970 bits per heavy atom. The van der Waals surface area contributed by atoms with Gasteiger partial charge in [-0.1, -0.05) is 73.2 Å². The van der Waals surface area contributed by atoms with Crippen LogP contribution in [0.25, 0.3) is 17.0 Å². The molecule has 1 aromatic heterocycles. The Morgan fingerprint density at radius 3 is 2.61 bits per heavy atom. The first-order chi connectivity index (χ1) is 16.3. The molecule has 0 saturated carbocycles. The standard InChI is InChI=1S/C29H35N3O/c33-29(16-8-5-13-24-11-3-1-4-12-24)30-19-9-2-10-20-32-21-17-25(18-22-32)27-23-31-28-15-7-6-14-26(27)28/h1,3-8,11-16,23,25,31H,2,9-10,17-22H2,(H,30,33)/b13-5+,16-8+. The Labute approximate surface area is 197 Å². The minimum atomic E-state index is -0.0212. The Balaban J connectivity index is 1.06. The van der Waals surface area contributed by atoms with Gasteiger partial charge in [0.2, 0.25) is 5.91 Å². The molecule has 1 aliphatic heterocycles. The Hall–Kier alpha value is -3.11. The van der Waals surface area contributed by atoms with Crippen molar-refractivity contribution in [3.63, 3.8) is 0 Å². The van der Waals surface area contributed by atoms with Crippen LogP contribution >= 0.6 is 0 Å². The summed E-state index contributed by atoms with van der Waals surface area (Å²) in [5, 5.41) is 4.37. The molecule has 2 aromatic carbocycles. The van der Waals surface area contributed by atoms with Gasteiger partial charge in [0.1, 0.15) is 0 Å². The third-order valence-corrected chi connectivity index (χ3v) is 6.55. The normalized spacial score (nSPS) is 15.6. The maximum atomic E-state index is 11.9. The van der Waals surface area contributed by atoms with Crippen LogP contribution in [0.4, 0.5) is 0 Å². The zero-order chi connectivity index (χ0) is 22.7. The fourth-order valence-electron chi connectivity index (χ4n) is 4.68. The first-order valence-corrected chi connectivity index (χ1v) is 12.3. The highest BCUT2D eigenvalue weighted by molar-refractivity contribution is 5.87. The predicted molar refractivity (Wildman–Crippen MR) is 138 cm³/mol. The monoisotopic (exact) mass is 441 g/mol. The number of unbranched alkanes of at least 4 members (excludes halogenated alkanes) is 2. The Morgan fingerprint density at radius 2 is 1.76 bits per heavy atom. The average molecular weight is 442 g/mol. The maximum absolute atomic E-state index is 11.9. The first kappa shape index (κ1) is 23.1. The fraction of sp³-hybridized carbons (Fsp3) is 0.345. The van der Waals surface area contributed by atoms with Crippen molar-refractivity contribution < 1.29 is 4.79 Å². The number of hydrogen-bond donors (Lipinski definition) is 2. The molecule has 4 nitrogen and oxygen atoms in total. The zero-order valence-electron chi connectivity index (χ0n) is 19.4. The number of allylic oxidation sites excluding steroid dienone is 2. The second-order valence-corrected chi connectivity index (χ2v) is 8.89. The van der Waals surface area contributed by atoms with Crippen LogP contribution in [0.3, 0.4) is 0 Å². The minimum absolute atomic E-state index is 0.0212. The summed E-state index contributed by atoms with van der Waals surface area (Å²) in [5.41, 5.74) is 3.87. The van der Waals surface area contributed by atoms with E-state index in [1.807, 2.05) is 42.5 Å². The van der Waals surface area contributed by atoms with Crippen LogP contribution in [0.1, 0.15) is 49.1 Å². The fourth-order valence-corrected chi connectivity index (χ4v) is 4.68. The molecule has 0 radical (unpaired) electrons. The Bertz CT molecular complexity index is 1060. The molecule has 172 valence electrons. The third kappa shape index (κ3) is 6.93. The number of piperidine rings is 1. The SMILES string of the molecule is O=C(/C=C/C=C/c1ccccc1)NCCCCCN1CCC(c2c[nH]c3ccccc23)CC1. The van der Waals surface area contributed by atoms with Crippen LogP contribution in [0.5, 0.6) is 0 Å². The molecular weight excluding hydrogens is 406 g/mol. The molecule has 0 atom stereocenters. The molecule has 1 saturated heterocycles. The molecule has 4 rings (SSSR count). The highest BCUT2D eigenvalue weighted by Crippen LogP contribution is 2.33. The summed E-state index contributed by atoms with van der Waals surface area (Å²) in [7, 11) is 0. The number of carbonyl (C=O) groups excluding carboxylic acids is 1. The summed E-state index contributed by atoms with van der Waals surface area (Å²) in [4.78, 5) is 17.9. The summed E-state index contributed by atoms with van der Waals surface area (Å²) in [6.45, 7) is 4.28. The van der Waals surface area contributed by atoms with E-state index in [2.05, 4.69) is 45.7 Å². The highest BCUT2D eigenvalue weighted by atomic mass is 16.1. The number of amides is 1. The zero-order valence-corrected chi connectivity index (χ0v) is 19.4. The van der Waals surface area contributed by atoms with Crippen molar-refractivity contribution in [1.29, 1.82) is 0 Å². The maximum Gasteiger partial charge on any atom is 0.243 e. The van der Waals surface area contributed by atoms with Crippen LogP contribution in [-0.4, -0.2) is 42.0 Å². The van der Waals surface area contributed by atoms with E-state index in [9.17, 15) is 4.79 Å². The van der Waals surface area contributed by atoms with Crippen molar-refractivity contribution in [1.82, 2.24) is 15.2 Å². The molecule has 1 fully saturated rings. The number of aromatic amines is 1. The van der Waals surface area contributed by atoms with Gasteiger partial charge >= 0.3 is 0 Å². The van der Waals surface area contributed by atoms with Crippen LogP contribution in [0, 0.1) is 0 Å². The lowest BCUT2D eigenvalue weighted by atomic mass is 9.89. The predicted octanol–water partition coefficient (Wildman–Crippen LogP) is 5.90. The summed E-state index contributed by atoms with van der Waals surface area (Å²) < 4.78 is 0. The molecule has 0 bridgehead atoms. The number of rotatable bonds is 10. The first-order valence-electron chi connectivity index (χ1n) is 12.3. The summed E-state index contributed by atoms with van der Waals surface area (Å²) in [5.74, 6) is 0.648. The van der Waals surface area contributed by atoms with Crippen molar-refractivity contribution in [2.45, 2.75) is 38.0 Å². The highest BCUT2D eigenvalue weighted by Gasteiger charge is 2.22. The van der Waals surface area contributed by atoms with E-state index in [1.54, 1.807) is 12.2 Å². The molecule has 0 aliphatic carbocycles. The van der Waals surface area contributed by atoms with Crippen LogP contribution in [0.15, 0.2) is 79.0 Å². The molecular formula is C29H35N3O. The number of para-hydroxylation sites is 1. The van der Waals surface area contributed by atoms with E-state index in [-0.39, 0.29) is 5.91 Å². The number of hydrogen-bond acceptors (Lipinski definition) is 2. The van der Waals surface area contributed by atoms with Gasteiger partial charge in [-0.15, -0.1) is 0 Å². The van der Waals surface area contributed by atoms with Crippen molar-refractivity contribution in [2.75, 3.05) is 26.2 Å². The lowest BCUT2D eigenvalue weighted by Gasteiger charge is -2.32. The summed E-state index contributed by atoms with van der Waals surface area (Å²) >= 11 is 0. The molecule has 2 heterocycles. The van der Waals surface area contributed by atoms with Gasteiger partial charge in [-0.2, -0.15) is 0 Å². The number of likely N-dealkylation sites (tertiary alicyclic amines) is 1. The van der Waals surface area contributed by atoms with Crippen LogP contribution in [0.2, 0.25) is 0 Å². The van der Waals surface area contributed by atoms with E-state index in [0.29, 0.717) is 5.92 Å². The van der Waals surface area contributed by atoms with Gasteiger partial charge in [-0.3, -0.25) is 4.79 Å². The minimum Gasteiger partial charge on any atom is -0.361 e. The van der Waals surface area contributed by atoms with E-state index < -0.39 is 0 Å². The summed E-state index contributed by atoms with van der Waals surface area (Å²) in [6, 6.07) is 18.7. The number of benzene rings is 2. The largest absolute Gasteiger partial charge is 0.361 e. The molecule has 1 amide bonds. The molecule has 1 aliphatic rings. The van der Waals surface area contributed by atoms with Crippen molar-refractivity contribution >= 4 is 22.9 Å². The second-order valence-electron chi connectivity index (χ2n) is 8.89. The lowest BCUT2D eigenvalue weighted by molar-refractivity contribution is -0.116. The second kappa shape index (κ2) is 12.2. The number of aromatic nitrogens is 1.